The molecule has 0 radical (unpaired) electrons. The van der Waals surface area contributed by atoms with E-state index >= 15 is 0 Å². The number of halogens is 4. The van der Waals surface area contributed by atoms with E-state index in [0.717, 1.165) is 30.3 Å². The highest BCUT2D eigenvalue weighted by Crippen LogP contribution is 2.17. The highest BCUT2D eigenvalue weighted by Gasteiger charge is 2.20. The minimum absolute atomic E-state index is 0.401. The molecule has 0 aliphatic rings. The maximum absolute atomic E-state index is 13.4. The van der Waals surface area contributed by atoms with Crippen molar-refractivity contribution in [2.45, 2.75) is 11.4 Å². The Morgan fingerprint density at radius 1 is 0.905 bits per heavy atom. The van der Waals surface area contributed by atoms with E-state index in [-0.39, 0.29) is 0 Å². The quantitative estimate of drug-likeness (QED) is 0.881. The molecule has 0 fully saturated rings. The van der Waals surface area contributed by atoms with Gasteiger partial charge in [-0.15, -0.1) is 0 Å². The maximum Gasteiger partial charge on any atom is 0.243 e. The normalized spacial score (nSPS) is 11.6. The molecule has 0 aliphatic heterocycles. The fourth-order valence-corrected chi connectivity index (χ4v) is 2.69. The molecule has 0 aromatic heterocycles. The van der Waals surface area contributed by atoms with Crippen LogP contribution in [0, 0.1) is 23.3 Å². The molecule has 0 bridgehead atoms. The summed E-state index contributed by atoms with van der Waals surface area (Å²) in [5.74, 6) is -4.10. The van der Waals surface area contributed by atoms with Gasteiger partial charge < -0.3 is 0 Å². The van der Waals surface area contributed by atoms with Crippen LogP contribution in [0.25, 0.3) is 0 Å². The third-order valence-corrected chi connectivity index (χ3v) is 4.12. The molecule has 21 heavy (non-hydrogen) atoms. The monoisotopic (exact) mass is 319 g/mol. The van der Waals surface area contributed by atoms with Gasteiger partial charge in [-0.1, -0.05) is 6.07 Å². The molecule has 0 aliphatic carbocycles. The summed E-state index contributed by atoms with van der Waals surface area (Å²) in [5.41, 5.74) is -0.497. The molecule has 0 spiro atoms. The van der Waals surface area contributed by atoms with E-state index in [1.165, 1.54) is 0 Å². The lowest BCUT2D eigenvalue weighted by Crippen LogP contribution is -2.25. The topological polar surface area (TPSA) is 46.2 Å². The molecular formula is C13H9F4NO2S. The first-order valence-corrected chi connectivity index (χ1v) is 7.17. The summed E-state index contributed by atoms with van der Waals surface area (Å²) in [7, 11) is -4.36. The van der Waals surface area contributed by atoms with Crippen LogP contribution < -0.4 is 4.72 Å². The van der Waals surface area contributed by atoms with Crippen LogP contribution in [-0.4, -0.2) is 8.42 Å². The van der Waals surface area contributed by atoms with E-state index in [1.807, 2.05) is 4.72 Å². The minimum Gasteiger partial charge on any atom is -0.207 e. The van der Waals surface area contributed by atoms with E-state index in [9.17, 15) is 26.0 Å². The van der Waals surface area contributed by atoms with Crippen molar-refractivity contribution >= 4 is 10.0 Å². The number of sulfonamides is 1. The molecule has 3 nitrogen and oxygen atoms in total. The fourth-order valence-electron chi connectivity index (χ4n) is 1.64. The van der Waals surface area contributed by atoms with Crippen LogP contribution in [0.4, 0.5) is 17.6 Å². The zero-order valence-electron chi connectivity index (χ0n) is 10.4. The summed E-state index contributed by atoms with van der Waals surface area (Å²) in [5, 5.41) is 0. The molecular weight excluding hydrogens is 310 g/mol. The molecule has 0 heterocycles. The standard InChI is InChI=1S/C13H9F4NO2S/c14-8-4-5-13(12(17)6-8)21(19,20)18-7-9-10(15)2-1-3-11(9)16/h1-6,18H,7H2. The lowest BCUT2D eigenvalue weighted by Gasteiger charge is -2.09. The molecule has 0 saturated heterocycles. The van der Waals surface area contributed by atoms with Gasteiger partial charge in [0.05, 0.1) is 0 Å². The Kier molecular flexibility index (Phi) is 4.29. The van der Waals surface area contributed by atoms with Crippen molar-refractivity contribution in [3.05, 3.63) is 65.2 Å². The van der Waals surface area contributed by atoms with Gasteiger partial charge in [-0.05, 0) is 24.3 Å². The Balaban J connectivity index is 2.26. The molecule has 0 atom stereocenters. The Hall–Kier alpha value is -1.93. The third kappa shape index (κ3) is 3.40. The molecule has 1 N–H and O–H groups in total. The number of hydrogen-bond donors (Lipinski definition) is 1. The smallest absolute Gasteiger partial charge is 0.207 e. The first-order valence-electron chi connectivity index (χ1n) is 5.69. The number of hydrogen-bond acceptors (Lipinski definition) is 2. The zero-order chi connectivity index (χ0) is 15.6. The van der Waals surface area contributed by atoms with Crippen molar-refractivity contribution < 1.29 is 26.0 Å². The first kappa shape index (κ1) is 15.5. The molecule has 2 rings (SSSR count). The van der Waals surface area contributed by atoms with Crippen LogP contribution in [0.5, 0.6) is 0 Å². The van der Waals surface area contributed by atoms with Crippen LogP contribution in [0.1, 0.15) is 5.56 Å². The van der Waals surface area contributed by atoms with Crippen molar-refractivity contribution in [1.82, 2.24) is 4.72 Å². The second-order valence-corrected chi connectivity index (χ2v) is 5.83. The summed E-state index contributed by atoms with van der Waals surface area (Å²) in [6.45, 7) is -0.697. The maximum atomic E-state index is 13.4. The van der Waals surface area contributed by atoms with Crippen molar-refractivity contribution in [3.63, 3.8) is 0 Å². The molecule has 0 saturated carbocycles. The molecule has 0 amide bonds. The van der Waals surface area contributed by atoms with Crippen LogP contribution in [-0.2, 0) is 16.6 Å². The highest BCUT2D eigenvalue weighted by atomic mass is 32.2. The molecule has 2 aromatic carbocycles. The average Bonchev–Trinajstić information content (AvgIpc) is 2.37. The lowest BCUT2D eigenvalue weighted by molar-refractivity contribution is 0.534. The summed E-state index contributed by atoms with van der Waals surface area (Å²) in [6.07, 6.45) is 0. The second-order valence-electron chi connectivity index (χ2n) is 4.10. The van der Waals surface area contributed by atoms with Gasteiger partial charge in [0.15, 0.2) is 0 Å². The zero-order valence-corrected chi connectivity index (χ0v) is 11.2. The van der Waals surface area contributed by atoms with Crippen molar-refractivity contribution in [1.29, 1.82) is 0 Å². The summed E-state index contributed by atoms with van der Waals surface area (Å²) in [6, 6.07) is 4.95. The molecule has 2 aromatic rings. The lowest BCUT2D eigenvalue weighted by atomic mass is 10.2. The Morgan fingerprint density at radius 2 is 1.52 bits per heavy atom. The van der Waals surface area contributed by atoms with Crippen molar-refractivity contribution in [2.75, 3.05) is 0 Å². The van der Waals surface area contributed by atoms with Crippen LogP contribution in [0.15, 0.2) is 41.3 Å². The summed E-state index contributed by atoms with van der Waals surface area (Å²) < 4.78 is 78.4. The number of benzene rings is 2. The van der Waals surface area contributed by atoms with Gasteiger partial charge in [0.2, 0.25) is 10.0 Å². The van der Waals surface area contributed by atoms with Crippen molar-refractivity contribution in [2.24, 2.45) is 0 Å². The third-order valence-electron chi connectivity index (χ3n) is 2.68. The van der Waals surface area contributed by atoms with E-state index in [4.69, 9.17) is 0 Å². The summed E-state index contributed by atoms with van der Waals surface area (Å²) in [4.78, 5) is -0.805. The summed E-state index contributed by atoms with van der Waals surface area (Å²) >= 11 is 0. The Labute approximate surface area is 118 Å². The molecule has 112 valence electrons. The predicted octanol–water partition coefficient (Wildman–Crippen LogP) is 2.72. The van der Waals surface area contributed by atoms with E-state index < -0.39 is 50.3 Å². The minimum atomic E-state index is -4.36. The number of nitrogens with one attached hydrogen (secondary N) is 1. The van der Waals surface area contributed by atoms with Gasteiger partial charge in [-0.25, -0.2) is 30.7 Å². The van der Waals surface area contributed by atoms with E-state index in [1.54, 1.807) is 0 Å². The average molecular weight is 319 g/mol. The number of rotatable bonds is 4. The Morgan fingerprint density at radius 3 is 2.10 bits per heavy atom. The van der Waals surface area contributed by atoms with Gasteiger partial charge in [0.25, 0.3) is 0 Å². The van der Waals surface area contributed by atoms with Gasteiger partial charge >= 0.3 is 0 Å². The molecule has 0 unspecified atom stereocenters. The van der Waals surface area contributed by atoms with Gasteiger partial charge in [-0.3, -0.25) is 0 Å². The SMILES string of the molecule is O=S(=O)(NCc1c(F)cccc1F)c1ccc(F)cc1F. The van der Waals surface area contributed by atoms with Gasteiger partial charge in [0.1, 0.15) is 28.2 Å². The van der Waals surface area contributed by atoms with Gasteiger partial charge in [-0.2, -0.15) is 0 Å². The first-order chi connectivity index (χ1) is 9.81. The highest BCUT2D eigenvalue weighted by molar-refractivity contribution is 7.89. The molecule has 8 heteroatoms. The second kappa shape index (κ2) is 5.82. The van der Waals surface area contributed by atoms with Gasteiger partial charge in [0, 0.05) is 18.2 Å². The largest absolute Gasteiger partial charge is 0.243 e. The Bertz CT molecular complexity index is 757. The van der Waals surface area contributed by atoms with Crippen LogP contribution in [0.2, 0.25) is 0 Å². The predicted molar refractivity (Wildman–Crippen MR) is 66.7 cm³/mol. The fraction of sp³-hybridized carbons (Fsp3) is 0.0769. The van der Waals surface area contributed by atoms with E-state index in [0.29, 0.717) is 6.07 Å². The van der Waals surface area contributed by atoms with Crippen molar-refractivity contribution in [3.8, 4) is 0 Å². The van der Waals surface area contributed by atoms with Crippen LogP contribution in [0.3, 0.4) is 0 Å². The van der Waals surface area contributed by atoms with Crippen LogP contribution >= 0.6 is 0 Å². The van der Waals surface area contributed by atoms with E-state index in [2.05, 4.69) is 0 Å².